The minimum Gasteiger partial charge on any atom is -0.507 e. The van der Waals surface area contributed by atoms with Crippen molar-refractivity contribution in [3.05, 3.63) is 57.6 Å². The first-order valence-electron chi connectivity index (χ1n) is 14.1. The first kappa shape index (κ1) is 27.7. The van der Waals surface area contributed by atoms with E-state index in [4.69, 9.17) is 6.42 Å². The average molecular weight is 559 g/mol. The molecule has 6 atom stereocenters. The Hall–Kier alpha value is -3.81. The summed E-state index contributed by atoms with van der Waals surface area (Å²) in [7, 11) is 0. The van der Waals surface area contributed by atoms with Gasteiger partial charge in [0.25, 0.3) is 0 Å². The maximum Gasteiger partial charge on any atom is 0.123 e. The quantitative estimate of drug-likeness (QED) is 0.360. The molecule has 5 rings (SSSR count). The number of hydrogen-bond donors (Lipinski definition) is 2. The summed E-state index contributed by atoms with van der Waals surface area (Å²) in [5.74, 6) is 25.3. The van der Waals surface area contributed by atoms with Gasteiger partial charge < -0.3 is 10.2 Å². The molecule has 3 aliphatic carbocycles. The highest BCUT2D eigenvalue weighted by Gasteiger charge is 2.58. The molecule has 3 aliphatic rings. The van der Waals surface area contributed by atoms with Crippen molar-refractivity contribution in [2.24, 2.45) is 23.7 Å². The van der Waals surface area contributed by atoms with Crippen LogP contribution in [0.5, 0.6) is 11.5 Å². The summed E-state index contributed by atoms with van der Waals surface area (Å²) < 4.78 is 0. The number of aromatic hydroxyl groups is 2. The van der Waals surface area contributed by atoms with E-state index in [1.807, 2.05) is 0 Å². The third-order valence-corrected chi connectivity index (χ3v) is 9.92. The Morgan fingerprint density at radius 3 is 2.12 bits per heavy atom. The molecule has 0 saturated heterocycles. The van der Waals surface area contributed by atoms with E-state index in [0.717, 1.165) is 46.9 Å². The van der Waals surface area contributed by atoms with Gasteiger partial charge in [-0.3, -0.25) is 0 Å². The summed E-state index contributed by atoms with van der Waals surface area (Å²) in [6.45, 7) is 6.37. The third kappa shape index (κ3) is 5.44. The normalized spacial score (nSPS) is 25.1. The highest BCUT2D eigenvalue weighted by Crippen LogP contribution is 2.68. The summed E-state index contributed by atoms with van der Waals surface area (Å²) in [5.41, 5.74) is 6.67. The lowest BCUT2D eigenvalue weighted by molar-refractivity contribution is 0.213. The largest absolute Gasteiger partial charge is 0.507 e. The van der Waals surface area contributed by atoms with E-state index in [2.05, 4.69) is 97.7 Å². The van der Waals surface area contributed by atoms with E-state index in [1.165, 1.54) is 42.2 Å². The molecule has 0 heterocycles. The van der Waals surface area contributed by atoms with Gasteiger partial charge in [0.2, 0.25) is 0 Å². The van der Waals surface area contributed by atoms with Crippen molar-refractivity contribution >= 4 is 11.8 Å². The molecule has 2 nitrogen and oxygen atoms in total. The molecule has 216 valence electrons. The van der Waals surface area contributed by atoms with Crippen molar-refractivity contribution < 1.29 is 21.6 Å². The van der Waals surface area contributed by atoms with Crippen LogP contribution in [-0.2, 0) is 12.2 Å². The molecule has 2 bridgehead atoms. The number of fused-ring (bicyclic) bond motifs is 5. The number of rotatable bonds is 5. The molecule has 3 saturated carbocycles. The van der Waals surface area contributed by atoms with Crippen LogP contribution in [0.3, 0.4) is 0 Å². The molecule has 0 aromatic heterocycles. The molecule has 3 fully saturated rings. The first-order valence-corrected chi connectivity index (χ1v) is 15.1. The van der Waals surface area contributed by atoms with Crippen molar-refractivity contribution in [3.63, 3.8) is 0 Å². The smallest absolute Gasteiger partial charge is 0.123 e. The number of phenols is 2. The first-order chi connectivity index (χ1) is 19.4. The van der Waals surface area contributed by atoms with Gasteiger partial charge in [-0.05, 0) is 151 Å². The lowest BCUT2D eigenvalue weighted by atomic mass is 9.68. The predicted octanol–water partition coefficient (Wildman–Crippen LogP) is 9.02. The van der Waals surface area contributed by atoms with Crippen molar-refractivity contribution in [2.75, 3.05) is 0 Å². The Labute approximate surface area is 255 Å². The maximum atomic E-state index is 11.5. The zero-order chi connectivity index (χ0) is 28.2. The molecule has 2 aromatic carbocycles. The van der Waals surface area contributed by atoms with Crippen LogP contribution < -0.4 is 0 Å². The molecule has 40 heavy (non-hydrogen) atoms. The minimum atomic E-state index is 0. The lowest BCUT2D eigenvalue weighted by Crippen LogP contribution is -2.27. The van der Waals surface area contributed by atoms with Crippen LogP contribution >= 0.6 is 11.8 Å². The summed E-state index contributed by atoms with van der Waals surface area (Å²) in [6, 6.07) is 8.63. The fraction of sp³-hybridized carbons (Fsp3) is 0.405. The van der Waals surface area contributed by atoms with Crippen LogP contribution in [0.1, 0.15) is 89.2 Å². The fourth-order valence-electron chi connectivity index (χ4n) is 7.91. The number of benzene rings is 2. The molecule has 0 radical (unpaired) electrons. The molecule has 6 unspecified atom stereocenters. The van der Waals surface area contributed by atoms with Gasteiger partial charge in [0.1, 0.15) is 11.5 Å². The van der Waals surface area contributed by atoms with Gasteiger partial charge in [-0.25, -0.2) is 0 Å². The Bertz CT molecular complexity index is 1640. The summed E-state index contributed by atoms with van der Waals surface area (Å²) in [5, 5.41) is 25.6. The monoisotopic (exact) mass is 558 g/mol. The van der Waals surface area contributed by atoms with Gasteiger partial charge in [0.05, 0.1) is 0 Å². The predicted molar refractivity (Wildman–Crippen MR) is 181 cm³/mol. The zero-order valence-electron chi connectivity index (χ0n) is 23.4. The van der Waals surface area contributed by atoms with Gasteiger partial charge >= 0.3 is 0 Å². The van der Waals surface area contributed by atoms with E-state index in [-0.39, 0.29) is 11.4 Å². The maximum absolute atomic E-state index is 11.5. The van der Waals surface area contributed by atoms with Gasteiger partial charge in [-0.2, -0.15) is 0 Å². The van der Waals surface area contributed by atoms with Crippen molar-refractivity contribution in [2.45, 2.75) is 70.5 Å². The van der Waals surface area contributed by atoms with Gasteiger partial charge in [-0.1, -0.05) is 54.1 Å². The van der Waals surface area contributed by atoms with E-state index in [9.17, 15) is 10.2 Å². The molecular weight excluding hydrogens is 508 g/mol. The van der Waals surface area contributed by atoms with E-state index in [0.29, 0.717) is 40.9 Å². The second kappa shape index (κ2) is 12.1. The average Bonchev–Trinajstić information content (AvgIpc) is 3.65. The van der Waals surface area contributed by atoms with Crippen LogP contribution in [0.25, 0.3) is 0 Å². The standard InChI is InChI=1S/C37H34O2S.8H2/c1-5-7-8-9-10-11-12-13-16-40-23-28-18-25(4)19-33(37(28)39)30-15-14-29-27-21-31(32(22-27)35(29)30)34-20-24(3)17-26(6-2)36(34)38;;;;;;;;/h1,17-20,27,29-32,35,38-39H,6,14-15,21-23H2,2-4H3;8*1H. The summed E-state index contributed by atoms with van der Waals surface area (Å²) >= 11 is 1.43. The molecule has 0 aliphatic heterocycles. The summed E-state index contributed by atoms with van der Waals surface area (Å²) in [6.07, 6.45) is 10.7. The Morgan fingerprint density at radius 1 is 0.800 bits per heavy atom. The molecule has 0 spiro atoms. The molecule has 3 heteroatoms. The third-order valence-electron chi connectivity index (χ3n) is 9.22. The van der Waals surface area contributed by atoms with Crippen molar-refractivity contribution in [1.82, 2.24) is 0 Å². The molecule has 0 amide bonds. The van der Waals surface area contributed by atoms with E-state index < -0.39 is 0 Å². The Kier molecular flexibility index (Phi) is 8.43. The highest BCUT2D eigenvalue weighted by molar-refractivity contribution is 8.03. The van der Waals surface area contributed by atoms with Crippen LogP contribution in [0, 0.1) is 96.6 Å². The number of terminal acetylenes is 1. The number of hydrogen-bond acceptors (Lipinski definition) is 3. The zero-order valence-corrected chi connectivity index (χ0v) is 24.2. The SMILES string of the molecule is C#CC#CC#CC#CC#CSCc1cc(C)cc(C2CCC3C4CC(c5cc(C)cc(CC)c5O)C(C4)C23)c1O.[HH].[HH].[HH].[HH].[HH].[HH].[HH].[HH]. The number of aryl methyl sites for hydroxylation is 3. The van der Waals surface area contributed by atoms with Crippen LogP contribution in [0.2, 0.25) is 0 Å². The second-order valence-corrected chi connectivity index (χ2v) is 12.2. The molecular formula is C37H50O2S. The Balaban J connectivity index is -0.00000121. The van der Waals surface area contributed by atoms with E-state index in [1.54, 1.807) is 0 Å². The van der Waals surface area contributed by atoms with Gasteiger partial charge in [0.15, 0.2) is 0 Å². The van der Waals surface area contributed by atoms with Crippen LogP contribution in [0.15, 0.2) is 24.3 Å². The topological polar surface area (TPSA) is 40.5 Å². The van der Waals surface area contributed by atoms with E-state index >= 15 is 0 Å². The Morgan fingerprint density at radius 2 is 1.43 bits per heavy atom. The van der Waals surface area contributed by atoms with Crippen LogP contribution in [0.4, 0.5) is 0 Å². The lowest BCUT2D eigenvalue weighted by Gasteiger charge is -2.36. The van der Waals surface area contributed by atoms with Gasteiger partial charge in [-0.15, -0.1) is 6.42 Å². The summed E-state index contributed by atoms with van der Waals surface area (Å²) in [4.78, 5) is 0. The van der Waals surface area contributed by atoms with Gasteiger partial charge in [0, 0.05) is 22.7 Å². The number of thioether (sulfide) groups is 1. The molecule has 2 N–H and O–H groups in total. The molecule has 2 aromatic rings. The van der Waals surface area contributed by atoms with Crippen molar-refractivity contribution in [1.29, 1.82) is 0 Å². The second-order valence-electron chi connectivity index (χ2n) is 11.4. The van der Waals surface area contributed by atoms with Crippen molar-refractivity contribution in [3.8, 4) is 70.5 Å². The fourth-order valence-corrected chi connectivity index (χ4v) is 8.48. The number of phenolic OH excluding ortho intramolecular Hbond substituents is 2. The van der Waals surface area contributed by atoms with Crippen LogP contribution in [-0.4, -0.2) is 10.2 Å². The minimum absolute atomic E-state index is 0. The highest BCUT2D eigenvalue weighted by atomic mass is 32.2.